The molecule has 0 saturated carbocycles. The molecule has 4 rings (SSSR count). The van der Waals surface area contributed by atoms with Crippen LogP contribution in [0.25, 0.3) is 33.8 Å². The number of nitrogens with zero attached hydrogens (tertiary/aromatic N) is 4. The number of aromatic nitrogens is 4. The van der Waals surface area contributed by atoms with Gasteiger partial charge in [0, 0.05) is 29.1 Å². The zero-order valence-electron chi connectivity index (χ0n) is 16.9. The lowest BCUT2D eigenvalue weighted by Gasteiger charge is -2.14. The van der Waals surface area contributed by atoms with Crippen LogP contribution in [0, 0.1) is 6.92 Å². The highest BCUT2D eigenvalue weighted by Gasteiger charge is 2.35. The number of rotatable bonds is 3. The summed E-state index contributed by atoms with van der Waals surface area (Å²) in [6.07, 6.45) is -4.90. The Balaban J connectivity index is 1.85. The number of hydrogen-bond donors (Lipinski definition) is 0. The first kappa shape index (κ1) is 22.4. The average molecular weight is 460 g/mol. The van der Waals surface area contributed by atoms with Crippen molar-refractivity contribution < 1.29 is 26.3 Å². The van der Waals surface area contributed by atoms with Crippen LogP contribution in [-0.4, -0.2) is 19.9 Å². The third-order valence-corrected chi connectivity index (χ3v) is 4.86. The van der Waals surface area contributed by atoms with Crippen LogP contribution in [0.1, 0.15) is 16.8 Å². The fraction of sp³-hybridized carbons (Fsp3) is 0.130. The minimum Gasteiger partial charge on any atom is -0.244 e. The van der Waals surface area contributed by atoms with Gasteiger partial charge in [-0.25, -0.2) is 19.9 Å². The molecule has 0 atom stereocenters. The van der Waals surface area contributed by atoms with Gasteiger partial charge < -0.3 is 0 Å². The third kappa shape index (κ3) is 4.84. The molecule has 0 unspecified atom stereocenters. The predicted molar refractivity (Wildman–Crippen MR) is 109 cm³/mol. The van der Waals surface area contributed by atoms with Crippen molar-refractivity contribution in [2.24, 2.45) is 0 Å². The maximum atomic E-state index is 13.6. The number of hydrogen-bond acceptors (Lipinski definition) is 4. The molecule has 0 fully saturated rings. The van der Waals surface area contributed by atoms with Gasteiger partial charge in [0.2, 0.25) is 0 Å². The van der Waals surface area contributed by atoms with Gasteiger partial charge in [-0.3, -0.25) is 0 Å². The van der Waals surface area contributed by atoms with Gasteiger partial charge in [0.15, 0.2) is 5.82 Å². The molecule has 10 heteroatoms. The van der Waals surface area contributed by atoms with E-state index in [1.807, 2.05) is 0 Å². The second-order valence-electron chi connectivity index (χ2n) is 7.20. The Labute approximate surface area is 184 Å². The Bertz CT molecular complexity index is 1300. The SMILES string of the molecule is Cc1cc(-c2cc(C(F)(F)F)nc(-c3cccc(-c4cncnc4)c3)n2)ccc1C(F)(F)F. The smallest absolute Gasteiger partial charge is 0.244 e. The van der Waals surface area contributed by atoms with E-state index in [0.29, 0.717) is 16.7 Å². The minimum absolute atomic E-state index is 0.113. The highest BCUT2D eigenvalue weighted by molar-refractivity contribution is 5.71. The maximum absolute atomic E-state index is 13.6. The molecule has 33 heavy (non-hydrogen) atoms. The summed E-state index contributed by atoms with van der Waals surface area (Å²) in [5.74, 6) is -0.212. The first-order valence-corrected chi connectivity index (χ1v) is 9.53. The largest absolute Gasteiger partial charge is 0.433 e. The van der Waals surface area contributed by atoms with E-state index in [1.165, 1.54) is 13.3 Å². The predicted octanol–water partition coefficient (Wildman–Crippen LogP) is 6.61. The molecule has 2 aromatic heterocycles. The molecule has 168 valence electrons. The molecule has 0 radical (unpaired) electrons. The summed E-state index contributed by atoms with van der Waals surface area (Å²) in [4.78, 5) is 15.7. The average Bonchev–Trinajstić information content (AvgIpc) is 2.78. The molecular formula is C23H14F6N4. The highest BCUT2D eigenvalue weighted by atomic mass is 19.4. The molecule has 2 heterocycles. The monoisotopic (exact) mass is 460 g/mol. The lowest BCUT2D eigenvalue weighted by molar-refractivity contribution is -0.141. The Morgan fingerprint density at radius 1 is 0.667 bits per heavy atom. The van der Waals surface area contributed by atoms with Crippen molar-refractivity contribution >= 4 is 0 Å². The number of alkyl halides is 6. The van der Waals surface area contributed by atoms with E-state index < -0.39 is 23.6 Å². The molecule has 0 aliphatic heterocycles. The van der Waals surface area contributed by atoms with Gasteiger partial charge in [-0.1, -0.05) is 24.3 Å². The van der Waals surface area contributed by atoms with Crippen molar-refractivity contribution in [2.45, 2.75) is 19.3 Å². The van der Waals surface area contributed by atoms with Gasteiger partial charge >= 0.3 is 12.4 Å². The fourth-order valence-electron chi connectivity index (χ4n) is 3.30. The van der Waals surface area contributed by atoms with Crippen molar-refractivity contribution in [3.05, 3.63) is 84.1 Å². The molecule has 4 nitrogen and oxygen atoms in total. The van der Waals surface area contributed by atoms with Crippen LogP contribution in [0.15, 0.2) is 67.3 Å². The molecule has 2 aromatic carbocycles. The Morgan fingerprint density at radius 2 is 1.36 bits per heavy atom. The van der Waals surface area contributed by atoms with Crippen molar-refractivity contribution in [1.82, 2.24) is 19.9 Å². The van der Waals surface area contributed by atoms with Crippen molar-refractivity contribution in [3.63, 3.8) is 0 Å². The van der Waals surface area contributed by atoms with Crippen molar-refractivity contribution in [1.29, 1.82) is 0 Å². The normalized spacial score (nSPS) is 12.1. The number of aryl methyl sites for hydroxylation is 1. The van der Waals surface area contributed by atoms with Crippen molar-refractivity contribution in [3.8, 4) is 33.8 Å². The zero-order valence-corrected chi connectivity index (χ0v) is 16.9. The minimum atomic E-state index is -4.78. The standard InChI is InChI=1S/C23H14F6N4/c1-13-7-15(5-6-18(13)22(24,25)26)19-9-20(23(27,28)29)33-21(32-19)16-4-2-3-14(8-16)17-10-30-12-31-11-17/h2-12H,1H3. The van der Waals surface area contributed by atoms with Crippen molar-refractivity contribution in [2.75, 3.05) is 0 Å². The second-order valence-corrected chi connectivity index (χ2v) is 7.20. The quantitative estimate of drug-likeness (QED) is 0.323. The summed E-state index contributed by atoms with van der Waals surface area (Å²) in [5, 5.41) is 0. The van der Waals surface area contributed by atoms with E-state index in [0.717, 1.165) is 24.3 Å². The first-order chi connectivity index (χ1) is 15.5. The molecule has 0 aliphatic rings. The van der Waals surface area contributed by atoms with E-state index in [4.69, 9.17) is 0 Å². The fourth-order valence-corrected chi connectivity index (χ4v) is 3.30. The van der Waals surface area contributed by atoms with Crippen LogP contribution in [-0.2, 0) is 12.4 Å². The van der Waals surface area contributed by atoms with Crippen LogP contribution in [0.5, 0.6) is 0 Å². The lowest BCUT2D eigenvalue weighted by atomic mass is 10.0. The lowest BCUT2D eigenvalue weighted by Crippen LogP contribution is -2.11. The molecule has 0 bridgehead atoms. The summed E-state index contributed by atoms with van der Waals surface area (Å²) >= 11 is 0. The van der Waals surface area contributed by atoms with Crippen LogP contribution in [0.3, 0.4) is 0 Å². The van der Waals surface area contributed by atoms with Crippen LogP contribution in [0.2, 0.25) is 0 Å². The van der Waals surface area contributed by atoms with Gasteiger partial charge in [-0.05, 0) is 42.3 Å². The first-order valence-electron chi connectivity index (χ1n) is 9.53. The summed E-state index contributed by atoms with van der Waals surface area (Å²) in [5.41, 5.74) is -0.638. The van der Waals surface area contributed by atoms with Gasteiger partial charge in [-0.2, -0.15) is 26.3 Å². The van der Waals surface area contributed by atoms with Crippen LogP contribution < -0.4 is 0 Å². The molecule has 4 aromatic rings. The zero-order chi connectivity index (χ0) is 23.8. The Kier molecular flexibility index (Phi) is 5.61. The van der Waals surface area contributed by atoms with E-state index in [9.17, 15) is 26.3 Å². The van der Waals surface area contributed by atoms with E-state index in [1.54, 1.807) is 36.7 Å². The molecule has 0 aliphatic carbocycles. The summed E-state index contributed by atoms with van der Waals surface area (Å²) < 4.78 is 80.0. The van der Waals surface area contributed by atoms with Gasteiger partial charge in [0.1, 0.15) is 12.0 Å². The highest BCUT2D eigenvalue weighted by Crippen LogP contribution is 2.36. The Morgan fingerprint density at radius 3 is 2.00 bits per heavy atom. The molecular weight excluding hydrogens is 446 g/mol. The summed E-state index contributed by atoms with van der Waals surface area (Å²) in [6.45, 7) is 1.24. The second kappa shape index (κ2) is 8.27. The molecule has 0 saturated heterocycles. The molecule has 0 N–H and O–H groups in total. The van der Waals surface area contributed by atoms with Crippen LogP contribution >= 0.6 is 0 Å². The van der Waals surface area contributed by atoms with Gasteiger partial charge in [0.25, 0.3) is 0 Å². The summed E-state index contributed by atoms with van der Waals surface area (Å²) in [7, 11) is 0. The van der Waals surface area contributed by atoms with Gasteiger partial charge in [-0.15, -0.1) is 0 Å². The van der Waals surface area contributed by atoms with E-state index >= 15 is 0 Å². The molecule has 0 spiro atoms. The van der Waals surface area contributed by atoms with E-state index in [2.05, 4.69) is 19.9 Å². The molecule has 0 amide bonds. The number of benzene rings is 2. The third-order valence-electron chi connectivity index (χ3n) is 4.86. The van der Waals surface area contributed by atoms with E-state index in [-0.39, 0.29) is 22.6 Å². The summed E-state index contributed by atoms with van der Waals surface area (Å²) in [6, 6.07) is 10.3. The topological polar surface area (TPSA) is 51.6 Å². The van der Waals surface area contributed by atoms with Gasteiger partial charge in [0.05, 0.1) is 11.3 Å². The maximum Gasteiger partial charge on any atom is 0.433 e. The van der Waals surface area contributed by atoms with Crippen LogP contribution in [0.4, 0.5) is 26.3 Å². The number of halogens is 6. The Hall–Kier alpha value is -3.82.